The number of methoxy groups -OCH3 is 1. The smallest absolute Gasteiger partial charge is 0.410 e. The molecule has 1 rings (SSSR count). The number of nitrogens with zero attached hydrogens (tertiary/aromatic N) is 1. The molecular formula is C18H27NO3. The van der Waals surface area contributed by atoms with Crippen LogP contribution in [0.1, 0.15) is 39.2 Å². The van der Waals surface area contributed by atoms with E-state index < -0.39 is 5.60 Å². The van der Waals surface area contributed by atoms with Gasteiger partial charge >= 0.3 is 6.09 Å². The highest BCUT2D eigenvalue weighted by Crippen LogP contribution is 2.16. The first kappa shape index (κ1) is 18.1. The SMILES string of the molecule is C=CCCCN(Cc1ccc(OC)cc1)C(=O)OC(C)(C)C. The van der Waals surface area contributed by atoms with Crippen molar-refractivity contribution in [1.82, 2.24) is 4.90 Å². The van der Waals surface area contributed by atoms with E-state index in [9.17, 15) is 4.79 Å². The Bertz CT molecular complexity index is 474. The fraction of sp³-hybridized carbons (Fsp3) is 0.500. The predicted octanol–water partition coefficient (Wildman–Crippen LogP) is 4.40. The molecule has 1 amide bonds. The molecule has 0 saturated carbocycles. The summed E-state index contributed by atoms with van der Waals surface area (Å²) in [6.45, 7) is 10.5. The third-order valence-corrected chi connectivity index (χ3v) is 3.02. The van der Waals surface area contributed by atoms with Gasteiger partial charge in [0.2, 0.25) is 0 Å². The lowest BCUT2D eigenvalue weighted by Crippen LogP contribution is -2.37. The van der Waals surface area contributed by atoms with E-state index in [2.05, 4.69) is 6.58 Å². The molecule has 0 aliphatic carbocycles. The van der Waals surface area contributed by atoms with Crippen LogP contribution in [-0.2, 0) is 11.3 Å². The van der Waals surface area contributed by atoms with Crippen molar-refractivity contribution in [3.63, 3.8) is 0 Å². The molecule has 0 unspecified atom stereocenters. The lowest BCUT2D eigenvalue weighted by atomic mass is 10.2. The van der Waals surface area contributed by atoms with Crippen molar-refractivity contribution in [2.45, 2.75) is 45.8 Å². The van der Waals surface area contributed by atoms with Gasteiger partial charge in [0.05, 0.1) is 7.11 Å². The Kier molecular flexibility index (Phi) is 6.96. The Morgan fingerprint density at radius 1 is 1.27 bits per heavy atom. The molecule has 1 aromatic rings. The Hall–Kier alpha value is -1.97. The summed E-state index contributed by atoms with van der Waals surface area (Å²) in [5.74, 6) is 0.805. The average Bonchev–Trinajstić information content (AvgIpc) is 2.45. The van der Waals surface area contributed by atoms with E-state index in [1.165, 1.54) is 0 Å². The van der Waals surface area contributed by atoms with Crippen molar-refractivity contribution < 1.29 is 14.3 Å². The van der Waals surface area contributed by atoms with Crippen molar-refractivity contribution in [3.8, 4) is 5.75 Å². The van der Waals surface area contributed by atoms with E-state index in [0.29, 0.717) is 13.1 Å². The van der Waals surface area contributed by atoms with E-state index in [4.69, 9.17) is 9.47 Å². The Balaban J connectivity index is 2.74. The van der Waals surface area contributed by atoms with Gasteiger partial charge in [-0.25, -0.2) is 4.79 Å². The summed E-state index contributed by atoms with van der Waals surface area (Å²) in [4.78, 5) is 14.1. The monoisotopic (exact) mass is 305 g/mol. The molecule has 0 aliphatic rings. The molecular weight excluding hydrogens is 278 g/mol. The van der Waals surface area contributed by atoms with Crippen LogP contribution in [0, 0.1) is 0 Å². The quantitative estimate of drug-likeness (QED) is 0.553. The molecule has 4 heteroatoms. The zero-order valence-corrected chi connectivity index (χ0v) is 14.1. The molecule has 0 N–H and O–H groups in total. The van der Waals surface area contributed by atoms with Crippen LogP contribution in [0.15, 0.2) is 36.9 Å². The molecule has 0 aromatic heterocycles. The number of benzene rings is 1. The first-order valence-corrected chi connectivity index (χ1v) is 7.57. The van der Waals surface area contributed by atoms with Gasteiger partial charge in [-0.1, -0.05) is 18.2 Å². The maximum Gasteiger partial charge on any atom is 0.410 e. The van der Waals surface area contributed by atoms with Gasteiger partial charge in [0.15, 0.2) is 0 Å². The largest absolute Gasteiger partial charge is 0.497 e. The first-order chi connectivity index (χ1) is 10.4. The van der Waals surface area contributed by atoms with Crippen molar-refractivity contribution in [3.05, 3.63) is 42.5 Å². The van der Waals surface area contributed by atoms with Gasteiger partial charge in [-0.15, -0.1) is 6.58 Å². The van der Waals surface area contributed by atoms with Gasteiger partial charge in [0, 0.05) is 13.1 Å². The fourth-order valence-electron chi connectivity index (χ4n) is 1.94. The molecule has 0 bridgehead atoms. The van der Waals surface area contributed by atoms with E-state index in [0.717, 1.165) is 24.2 Å². The summed E-state index contributed by atoms with van der Waals surface area (Å²) < 4.78 is 10.6. The van der Waals surface area contributed by atoms with Crippen LogP contribution in [0.25, 0.3) is 0 Å². The number of amides is 1. The van der Waals surface area contributed by atoms with Gasteiger partial charge in [0.1, 0.15) is 11.4 Å². The Morgan fingerprint density at radius 3 is 2.41 bits per heavy atom. The highest BCUT2D eigenvalue weighted by atomic mass is 16.6. The van der Waals surface area contributed by atoms with Crippen molar-refractivity contribution >= 4 is 6.09 Å². The molecule has 122 valence electrons. The highest BCUT2D eigenvalue weighted by molar-refractivity contribution is 5.68. The molecule has 22 heavy (non-hydrogen) atoms. The second kappa shape index (κ2) is 8.47. The molecule has 0 radical (unpaired) electrons. The molecule has 0 atom stereocenters. The number of hydrogen-bond donors (Lipinski definition) is 0. The van der Waals surface area contributed by atoms with Gasteiger partial charge in [-0.2, -0.15) is 0 Å². The van der Waals surface area contributed by atoms with Gasteiger partial charge in [-0.05, 0) is 51.3 Å². The van der Waals surface area contributed by atoms with Crippen LogP contribution < -0.4 is 4.74 Å². The van der Waals surface area contributed by atoms with Crippen LogP contribution in [-0.4, -0.2) is 30.2 Å². The molecule has 1 aromatic carbocycles. The molecule has 0 aliphatic heterocycles. The fourth-order valence-corrected chi connectivity index (χ4v) is 1.94. The molecule has 0 fully saturated rings. The average molecular weight is 305 g/mol. The normalized spacial score (nSPS) is 10.9. The zero-order valence-electron chi connectivity index (χ0n) is 14.1. The summed E-state index contributed by atoms with van der Waals surface area (Å²) >= 11 is 0. The van der Waals surface area contributed by atoms with Crippen molar-refractivity contribution in [1.29, 1.82) is 0 Å². The summed E-state index contributed by atoms with van der Waals surface area (Å²) in [5, 5.41) is 0. The summed E-state index contributed by atoms with van der Waals surface area (Å²) in [6.07, 6.45) is 3.33. The standard InChI is InChI=1S/C18H27NO3/c1-6-7-8-13-19(17(20)22-18(2,3)4)14-15-9-11-16(21-5)12-10-15/h6,9-12H,1,7-8,13-14H2,2-5H3. The Labute approximate surface area is 133 Å². The zero-order chi connectivity index (χ0) is 16.6. The van der Waals surface area contributed by atoms with Crippen LogP contribution in [0.4, 0.5) is 4.79 Å². The van der Waals surface area contributed by atoms with Crippen LogP contribution in [0.5, 0.6) is 5.75 Å². The lowest BCUT2D eigenvalue weighted by Gasteiger charge is -2.27. The topological polar surface area (TPSA) is 38.8 Å². The molecule has 4 nitrogen and oxygen atoms in total. The van der Waals surface area contributed by atoms with Gasteiger partial charge < -0.3 is 14.4 Å². The predicted molar refractivity (Wildman–Crippen MR) is 89.1 cm³/mol. The van der Waals surface area contributed by atoms with E-state index in [1.54, 1.807) is 12.0 Å². The maximum absolute atomic E-state index is 12.3. The second-order valence-corrected chi connectivity index (χ2v) is 6.18. The minimum Gasteiger partial charge on any atom is -0.497 e. The highest BCUT2D eigenvalue weighted by Gasteiger charge is 2.21. The number of carbonyl (C=O) groups is 1. The van der Waals surface area contributed by atoms with Gasteiger partial charge in [0.25, 0.3) is 0 Å². The second-order valence-electron chi connectivity index (χ2n) is 6.18. The van der Waals surface area contributed by atoms with Crippen molar-refractivity contribution in [2.24, 2.45) is 0 Å². The summed E-state index contributed by atoms with van der Waals surface area (Å²) in [6, 6.07) is 7.71. The summed E-state index contributed by atoms with van der Waals surface area (Å²) in [7, 11) is 1.64. The third kappa shape index (κ3) is 6.66. The Morgan fingerprint density at radius 2 is 1.91 bits per heavy atom. The molecule has 0 spiro atoms. The minimum atomic E-state index is -0.492. The van der Waals surface area contributed by atoms with Crippen LogP contribution in [0.3, 0.4) is 0 Å². The molecule has 0 saturated heterocycles. The van der Waals surface area contributed by atoms with Crippen LogP contribution >= 0.6 is 0 Å². The third-order valence-electron chi connectivity index (χ3n) is 3.02. The molecule has 0 heterocycles. The van der Waals surface area contributed by atoms with E-state index >= 15 is 0 Å². The number of rotatable bonds is 7. The number of ether oxygens (including phenoxy) is 2. The number of carbonyl (C=O) groups excluding carboxylic acids is 1. The van der Waals surface area contributed by atoms with E-state index in [-0.39, 0.29) is 6.09 Å². The maximum atomic E-state index is 12.3. The number of unbranched alkanes of at least 4 members (excludes halogenated alkanes) is 1. The van der Waals surface area contributed by atoms with Crippen molar-refractivity contribution in [2.75, 3.05) is 13.7 Å². The first-order valence-electron chi connectivity index (χ1n) is 7.57. The van der Waals surface area contributed by atoms with E-state index in [1.807, 2.05) is 51.1 Å². The number of hydrogen-bond acceptors (Lipinski definition) is 3. The minimum absolute atomic E-state index is 0.285. The lowest BCUT2D eigenvalue weighted by molar-refractivity contribution is 0.0232. The number of allylic oxidation sites excluding steroid dienone is 1. The summed E-state index contributed by atoms with van der Waals surface area (Å²) in [5.41, 5.74) is 0.554. The van der Waals surface area contributed by atoms with Crippen LogP contribution in [0.2, 0.25) is 0 Å². The van der Waals surface area contributed by atoms with Gasteiger partial charge in [-0.3, -0.25) is 0 Å².